The van der Waals surface area contributed by atoms with Gasteiger partial charge >= 0.3 is 6.18 Å². The van der Waals surface area contributed by atoms with Crippen molar-refractivity contribution in [2.24, 2.45) is 0 Å². The summed E-state index contributed by atoms with van der Waals surface area (Å²) < 4.78 is 45.6. The van der Waals surface area contributed by atoms with Gasteiger partial charge in [0, 0.05) is 0 Å². The minimum atomic E-state index is -4.31. The summed E-state index contributed by atoms with van der Waals surface area (Å²) in [6.07, 6.45) is -2.38. The van der Waals surface area contributed by atoms with Crippen LogP contribution in [0, 0.1) is 0 Å². The fourth-order valence-corrected chi connectivity index (χ4v) is 2.32. The first kappa shape index (κ1) is 15.1. The van der Waals surface area contributed by atoms with E-state index in [1.54, 1.807) is 12.1 Å². The summed E-state index contributed by atoms with van der Waals surface area (Å²) in [5.74, 6) is 0.622. The summed E-state index contributed by atoms with van der Waals surface area (Å²) in [6.45, 7) is -1.32. The molecule has 0 amide bonds. The first-order valence-electron chi connectivity index (χ1n) is 6.54. The van der Waals surface area contributed by atoms with Crippen LogP contribution in [0.25, 0.3) is 0 Å². The van der Waals surface area contributed by atoms with Gasteiger partial charge in [-0.3, -0.25) is 0 Å². The molecule has 20 heavy (non-hydrogen) atoms. The summed E-state index contributed by atoms with van der Waals surface area (Å²) in [5, 5.41) is 9.88. The Morgan fingerprint density at radius 2 is 2.05 bits per heavy atom. The van der Waals surface area contributed by atoms with Gasteiger partial charge in [-0.05, 0) is 36.5 Å². The molecule has 0 fully saturated rings. The Hall–Kier alpha value is -1.27. The minimum absolute atomic E-state index is 0.0582. The topological polar surface area (TPSA) is 38.7 Å². The predicted molar refractivity (Wildman–Crippen MR) is 66.7 cm³/mol. The largest absolute Gasteiger partial charge is 0.491 e. The van der Waals surface area contributed by atoms with Crippen LogP contribution in [-0.4, -0.2) is 31.1 Å². The van der Waals surface area contributed by atoms with E-state index in [1.807, 2.05) is 6.07 Å². The number of aliphatic hydroxyl groups is 1. The highest BCUT2D eigenvalue weighted by atomic mass is 19.4. The number of halogens is 3. The Kier molecular flexibility index (Phi) is 4.88. The van der Waals surface area contributed by atoms with Crippen molar-refractivity contribution in [1.82, 2.24) is 0 Å². The molecular formula is C14H17F3O3. The first-order valence-corrected chi connectivity index (χ1v) is 6.54. The van der Waals surface area contributed by atoms with E-state index in [9.17, 15) is 18.3 Å². The maximum absolute atomic E-state index is 11.9. The molecule has 0 heterocycles. The van der Waals surface area contributed by atoms with Crippen molar-refractivity contribution in [2.45, 2.75) is 31.5 Å². The molecule has 0 bridgehead atoms. The molecule has 0 spiro atoms. The van der Waals surface area contributed by atoms with Crippen molar-refractivity contribution in [3.8, 4) is 5.75 Å². The van der Waals surface area contributed by atoms with E-state index >= 15 is 0 Å². The maximum atomic E-state index is 11.9. The normalized spacial score (nSPS) is 18.7. The average molecular weight is 290 g/mol. The zero-order valence-corrected chi connectivity index (χ0v) is 10.9. The zero-order chi connectivity index (χ0) is 14.6. The second kappa shape index (κ2) is 6.45. The summed E-state index contributed by atoms with van der Waals surface area (Å²) in [7, 11) is 0. The maximum Gasteiger partial charge on any atom is 0.411 e. The molecule has 1 aromatic carbocycles. The lowest BCUT2D eigenvalue weighted by Gasteiger charge is -2.23. The monoisotopic (exact) mass is 290 g/mol. The summed E-state index contributed by atoms with van der Waals surface area (Å²) >= 11 is 0. The summed E-state index contributed by atoms with van der Waals surface area (Å²) in [6, 6.07) is 5.39. The van der Waals surface area contributed by atoms with E-state index in [0.29, 0.717) is 5.75 Å². The molecule has 0 radical (unpaired) electrons. The Morgan fingerprint density at radius 1 is 1.25 bits per heavy atom. The predicted octanol–water partition coefficient (Wildman–Crippen LogP) is 3.01. The first-order chi connectivity index (χ1) is 9.47. The van der Waals surface area contributed by atoms with Crippen LogP contribution >= 0.6 is 0 Å². The highest BCUT2D eigenvalue weighted by Crippen LogP contribution is 2.35. The Labute approximate surface area is 115 Å². The number of alkyl halides is 3. The molecule has 1 atom stereocenters. The number of hydrogen-bond donors (Lipinski definition) is 1. The molecule has 0 saturated heterocycles. The molecule has 1 aliphatic carbocycles. The highest BCUT2D eigenvalue weighted by Gasteiger charge is 2.27. The average Bonchev–Trinajstić information content (AvgIpc) is 2.38. The van der Waals surface area contributed by atoms with Gasteiger partial charge in [-0.15, -0.1) is 0 Å². The molecule has 1 aromatic rings. The van der Waals surface area contributed by atoms with Gasteiger partial charge in [-0.1, -0.05) is 12.1 Å². The SMILES string of the molecule is OC1CCCc2c(OCCOCC(F)(F)F)cccc21. The number of rotatable bonds is 5. The van der Waals surface area contributed by atoms with Gasteiger partial charge in [0.15, 0.2) is 0 Å². The fourth-order valence-electron chi connectivity index (χ4n) is 2.32. The van der Waals surface area contributed by atoms with Crippen LogP contribution in [-0.2, 0) is 11.2 Å². The quantitative estimate of drug-likeness (QED) is 0.847. The second-order valence-corrected chi connectivity index (χ2v) is 4.75. The molecule has 6 heteroatoms. The Bertz CT molecular complexity index is 446. The molecule has 3 nitrogen and oxygen atoms in total. The molecule has 1 aliphatic rings. The third-order valence-electron chi connectivity index (χ3n) is 3.18. The van der Waals surface area contributed by atoms with Crippen LogP contribution in [0.4, 0.5) is 13.2 Å². The van der Waals surface area contributed by atoms with Gasteiger partial charge in [0.25, 0.3) is 0 Å². The number of ether oxygens (including phenoxy) is 2. The van der Waals surface area contributed by atoms with E-state index in [0.717, 1.165) is 30.4 Å². The van der Waals surface area contributed by atoms with E-state index < -0.39 is 18.9 Å². The van der Waals surface area contributed by atoms with Gasteiger partial charge in [0.2, 0.25) is 0 Å². The summed E-state index contributed by atoms with van der Waals surface area (Å²) in [5.41, 5.74) is 1.80. The van der Waals surface area contributed by atoms with Crippen LogP contribution < -0.4 is 4.74 Å². The van der Waals surface area contributed by atoms with Crippen molar-refractivity contribution >= 4 is 0 Å². The van der Waals surface area contributed by atoms with Crippen LogP contribution in [0.15, 0.2) is 18.2 Å². The van der Waals surface area contributed by atoms with Crippen LogP contribution in [0.1, 0.15) is 30.1 Å². The fraction of sp³-hybridized carbons (Fsp3) is 0.571. The number of hydrogen-bond acceptors (Lipinski definition) is 3. The Balaban J connectivity index is 1.86. The van der Waals surface area contributed by atoms with E-state index in [1.165, 1.54) is 0 Å². The van der Waals surface area contributed by atoms with Crippen molar-refractivity contribution in [3.63, 3.8) is 0 Å². The number of benzene rings is 1. The number of aliphatic hydroxyl groups excluding tert-OH is 1. The van der Waals surface area contributed by atoms with Crippen molar-refractivity contribution in [1.29, 1.82) is 0 Å². The lowest BCUT2D eigenvalue weighted by molar-refractivity contribution is -0.175. The Morgan fingerprint density at radius 3 is 2.80 bits per heavy atom. The third kappa shape index (κ3) is 4.11. The molecule has 0 aromatic heterocycles. The molecule has 2 rings (SSSR count). The van der Waals surface area contributed by atoms with Crippen molar-refractivity contribution < 1.29 is 27.8 Å². The van der Waals surface area contributed by atoms with E-state index in [-0.39, 0.29) is 13.2 Å². The van der Waals surface area contributed by atoms with Crippen LogP contribution in [0.5, 0.6) is 5.75 Å². The van der Waals surface area contributed by atoms with Crippen LogP contribution in [0.2, 0.25) is 0 Å². The molecule has 0 saturated carbocycles. The van der Waals surface area contributed by atoms with Gasteiger partial charge in [-0.25, -0.2) is 0 Å². The molecule has 1 unspecified atom stereocenters. The van der Waals surface area contributed by atoms with Crippen molar-refractivity contribution in [2.75, 3.05) is 19.8 Å². The smallest absolute Gasteiger partial charge is 0.411 e. The van der Waals surface area contributed by atoms with E-state index in [4.69, 9.17) is 4.74 Å². The number of fused-ring (bicyclic) bond motifs is 1. The standard InChI is InChI=1S/C14H17F3O3/c15-14(16,17)9-19-7-8-20-13-6-2-3-10-11(13)4-1-5-12(10)18/h2-3,6,12,18H,1,4-5,7-9H2. The lowest BCUT2D eigenvalue weighted by atomic mass is 9.89. The third-order valence-corrected chi connectivity index (χ3v) is 3.18. The van der Waals surface area contributed by atoms with Gasteiger partial charge < -0.3 is 14.6 Å². The molecular weight excluding hydrogens is 273 g/mol. The summed E-state index contributed by atoms with van der Waals surface area (Å²) in [4.78, 5) is 0. The van der Waals surface area contributed by atoms with Gasteiger partial charge in [-0.2, -0.15) is 13.2 Å². The van der Waals surface area contributed by atoms with E-state index in [2.05, 4.69) is 4.74 Å². The van der Waals surface area contributed by atoms with Gasteiger partial charge in [0.05, 0.1) is 12.7 Å². The second-order valence-electron chi connectivity index (χ2n) is 4.75. The molecule has 0 aliphatic heterocycles. The van der Waals surface area contributed by atoms with Crippen molar-refractivity contribution in [3.05, 3.63) is 29.3 Å². The molecule has 112 valence electrons. The minimum Gasteiger partial charge on any atom is -0.491 e. The lowest BCUT2D eigenvalue weighted by Crippen LogP contribution is -2.20. The van der Waals surface area contributed by atoms with Gasteiger partial charge in [0.1, 0.15) is 19.0 Å². The zero-order valence-electron chi connectivity index (χ0n) is 10.9. The molecule has 1 N–H and O–H groups in total. The van der Waals surface area contributed by atoms with Crippen LogP contribution in [0.3, 0.4) is 0 Å². The highest BCUT2D eigenvalue weighted by molar-refractivity contribution is 5.42.